The van der Waals surface area contributed by atoms with E-state index in [1.165, 1.54) is 44.5 Å². The van der Waals surface area contributed by atoms with Crippen LogP contribution in [0.25, 0.3) is 23.3 Å². The molecule has 0 nitrogen and oxygen atoms in total. The Hall–Kier alpha value is -2.32. The second kappa shape index (κ2) is 8.17. The van der Waals surface area contributed by atoms with Crippen LogP contribution < -0.4 is 0 Å². The van der Waals surface area contributed by atoms with E-state index >= 15 is 0 Å². The van der Waals surface area contributed by atoms with Gasteiger partial charge in [0.05, 0.1) is 0 Å². The zero-order valence-electron chi connectivity index (χ0n) is 18.9. The Balaban J connectivity index is 1.54. The molecule has 0 spiro atoms. The second-order valence-corrected chi connectivity index (χ2v) is 14.2. The molecule has 6 rings (SSSR count). The number of hydrogen-bond donors (Lipinski definition) is 0. The molecule has 0 heterocycles. The van der Waals surface area contributed by atoms with Crippen LogP contribution >= 0.6 is 0 Å². The van der Waals surface area contributed by atoms with Crippen LogP contribution in [0, 0.1) is 35.9 Å². The van der Waals surface area contributed by atoms with Gasteiger partial charge < -0.3 is 0 Å². The van der Waals surface area contributed by atoms with Gasteiger partial charge in [0.2, 0.25) is 0 Å². The summed E-state index contributed by atoms with van der Waals surface area (Å²) in [7, 11) is 0. The Labute approximate surface area is 216 Å². The third-order valence-corrected chi connectivity index (χ3v) is 11.8. The van der Waals surface area contributed by atoms with Crippen molar-refractivity contribution < 1.29 is 35.9 Å². The second-order valence-electron chi connectivity index (χ2n) is 9.07. The summed E-state index contributed by atoms with van der Waals surface area (Å²) >= 11 is -0.765. The van der Waals surface area contributed by atoms with Gasteiger partial charge in [-0.15, -0.1) is 0 Å². The molecule has 162 valence electrons. The Bertz CT molecular complexity index is 1290. The fourth-order valence-electron chi connectivity index (χ4n) is 5.44. The number of fused-ring (bicyclic) bond motifs is 2. The zero-order valence-corrected chi connectivity index (χ0v) is 21.2. The summed E-state index contributed by atoms with van der Waals surface area (Å²) in [6.45, 7) is 5.03. The van der Waals surface area contributed by atoms with Gasteiger partial charge in [-0.1, -0.05) is 0 Å². The molecular weight excluding hydrogens is 542 g/mol. The van der Waals surface area contributed by atoms with Gasteiger partial charge in [0.1, 0.15) is 0 Å². The minimum atomic E-state index is -0.765. The molecule has 2 aliphatic carbocycles. The van der Waals surface area contributed by atoms with Gasteiger partial charge >= 0.3 is 218 Å². The van der Waals surface area contributed by atoms with Crippen molar-refractivity contribution in [1.82, 2.24) is 0 Å². The number of hydrogen-bond acceptors (Lipinski definition) is 0. The Kier molecular flexibility index (Phi) is 5.26. The predicted octanol–water partition coefficient (Wildman–Crippen LogP) is 8.01. The molecule has 0 aliphatic heterocycles. The first-order valence-corrected chi connectivity index (χ1v) is 13.8. The van der Waals surface area contributed by atoms with E-state index in [1.54, 1.807) is 0 Å². The first kappa shape index (κ1) is 21.2. The van der Waals surface area contributed by atoms with Crippen molar-refractivity contribution in [3.63, 3.8) is 0 Å². The fraction of sp³-hybridized carbons (Fsp3) is 0.125. The summed E-state index contributed by atoms with van der Waals surface area (Å²) in [6.07, 6.45) is 4.90. The zero-order chi connectivity index (χ0) is 22.5. The maximum atomic E-state index is 2.51. The molecule has 4 aromatic rings. The Morgan fingerprint density at radius 3 is 1.24 bits per heavy atom. The van der Waals surface area contributed by atoms with Gasteiger partial charge in [-0.2, -0.15) is 0 Å². The van der Waals surface area contributed by atoms with Crippen molar-refractivity contribution in [2.24, 2.45) is 0 Å². The van der Waals surface area contributed by atoms with E-state index in [0.717, 1.165) is 0 Å². The summed E-state index contributed by atoms with van der Waals surface area (Å²) < 4.78 is 0.0794. The summed E-state index contributed by atoms with van der Waals surface area (Å²) in [4.78, 5) is 0. The van der Waals surface area contributed by atoms with Crippen LogP contribution in [0.2, 0.25) is 0 Å². The van der Waals surface area contributed by atoms with Gasteiger partial charge in [0, 0.05) is 0 Å². The van der Waals surface area contributed by atoms with Crippen LogP contribution in [0.3, 0.4) is 0 Å². The van der Waals surface area contributed by atoms with Crippen molar-refractivity contribution in [2.45, 2.75) is 16.2 Å². The van der Waals surface area contributed by atoms with Gasteiger partial charge in [0.15, 0.2) is 0 Å². The number of rotatable bonds is 4. The molecular formula is C32H26Gd. The summed E-state index contributed by atoms with van der Waals surface area (Å²) in [6, 6.07) is 40.1. The predicted molar refractivity (Wildman–Crippen MR) is 136 cm³/mol. The topological polar surface area (TPSA) is 0 Å². The monoisotopic (exact) mass is 568 g/mol. The van der Waals surface area contributed by atoms with Gasteiger partial charge in [-0.25, -0.2) is 0 Å². The first-order chi connectivity index (χ1) is 16.1. The molecule has 0 saturated heterocycles. The average Bonchev–Trinajstić information content (AvgIpc) is 3.32. The Morgan fingerprint density at radius 2 is 0.818 bits per heavy atom. The van der Waals surface area contributed by atoms with Crippen molar-refractivity contribution in [3.8, 4) is 0 Å². The molecule has 33 heavy (non-hydrogen) atoms. The van der Waals surface area contributed by atoms with E-state index in [-0.39, 0.29) is 2.39 Å². The van der Waals surface area contributed by atoms with Gasteiger partial charge in [-0.3, -0.25) is 0 Å². The van der Waals surface area contributed by atoms with Crippen LogP contribution in [-0.2, 0) is 2.39 Å². The minimum absolute atomic E-state index is 0.0397. The standard InChI is InChI=1S/2C16H13.Gd/c2*1-12-15-10-6-5-9-14(15)11-16(12)13-7-3-2-4-8-13;/h2*2-11H,1H3;. The van der Waals surface area contributed by atoms with E-state index in [9.17, 15) is 0 Å². The molecule has 4 aromatic carbocycles. The maximum absolute atomic E-state index is 2.51. The molecule has 1 heteroatoms. The van der Waals surface area contributed by atoms with Crippen LogP contribution in [0.1, 0.15) is 47.2 Å². The third-order valence-electron chi connectivity index (χ3n) is 7.04. The summed E-state index contributed by atoms with van der Waals surface area (Å²) in [5.41, 5.74) is 11.4. The molecule has 2 atom stereocenters. The van der Waals surface area contributed by atoms with Crippen molar-refractivity contribution in [2.75, 3.05) is 0 Å². The average molecular weight is 568 g/mol. The van der Waals surface area contributed by atoms with E-state index in [0.29, 0.717) is 0 Å². The summed E-state index contributed by atoms with van der Waals surface area (Å²) in [5.74, 6) is 0. The van der Waals surface area contributed by atoms with E-state index < -0.39 is 35.9 Å². The van der Waals surface area contributed by atoms with Crippen molar-refractivity contribution >= 4 is 23.3 Å². The van der Waals surface area contributed by atoms with E-state index in [4.69, 9.17) is 0 Å². The van der Waals surface area contributed by atoms with E-state index in [2.05, 4.69) is 135 Å². The van der Waals surface area contributed by atoms with E-state index in [1.807, 2.05) is 0 Å². The van der Waals surface area contributed by atoms with Gasteiger partial charge in [-0.05, 0) is 0 Å². The van der Waals surface area contributed by atoms with Crippen LogP contribution in [0.15, 0.2) is 109 Å². The molecule has 0 fully saturated rings. The molecule has 0 saturated carbocycles. The molecule has 0 bridgehead atoms. The number of allylic oxidation sites excluding steroid dienone is 2. The molecule has 2 unspecified atom stereocenters. The van der Waals surface area contributed by atoms with Crippen LogP contribution in [0.4, 0.5) is 0 Å². The van der Waals surface area contributed by atoms with Gasteiger partial charge in [0.25, 0.3) is 0 Å². The Morgan fingerprint density at radius 1 is 0.455 bits per heavy atom. The van der Waals surface area contributed by atoms with Crippen LogP contribution in [-0.4, -0.2) is 0 Å². The molecule has 2 aliphatic rings. The first-order valence-electron chi connectivity index (χ1n) is 11.5. The van der Waals surface area contributed by atoms with Crippen molar-refractivity contribution in [3.05, 3.63) is 143 Å². The molecule has 0 aromatic heterocycles. The summed E-state index contributed by atoms with van der Waals surface area (Å²) in [5, 5.41) is 0. The number of benzene rings is 4. The molecule has 0 amide bonds. The normalized spacial score (nSPS) is 23.1. The SMILES string of the molecule is C[C]1([Gd][C]2(C)C(c3ccccc3)=Cc3ccccc32)C(c2ccccc2)=Cc2ccccc21. The molecule has 0 N–H and O–H groups in total. The van der Waals surface area contributed by atoms with Crippen molar-refractivity contribution in [1.29, 1.82) is 0 Å². The molecule has 0 radical (unpaired) electrons. The third kappa shape index (κ3) is 3.41. The van der Waals surface area contributed by atoms with Crippen LogP contribution in [0.5, 0.6) is 0 Å². The fourth-order valence-corrected chi connectivity index (χ4v) is 10.9. The quantitative estimate of drug-likeness (QED) is 0.234.